The van der Waals surface area contributed by atoms with Gasteiger partial charge in [0.15, 0.2) is 0 Å². The van der Waals surface area contributed by atoms with Crippen molar-refractivity contribution in [1.82, 2.24) is 0 Å². The van der Waals surface area contributed by atoms with Gasteiger partial charge in [0, 0.05) is 0 Å². The van der Waals surface area contributed by atoms with Crippen molar-refractivity contribution in [3.63, 3.8) is 0 Å². The number of rotatable bonds is 12. The maximum Gasteiger partial charge on any atom is 0.0782 e. The Hall–Kier alpha value is 0.310. The summed E-state index contributed by atoms with van der Waals surface area (Å²) >= 11 is 0. The third kappa shape index (κ3) is 13.2. The topological polar surface area (TPSA) is 50.2 Å². The third-order valence-corrected chi connectivity index (χ3v) is 12.2. The van der Waals surface area contributed by atoms with Gasteiger partial charge in [0.05, 0.1) is 27.2 Å². The van der Waals surface area contributed by atoms with Crippen molar-refractivity contribution in [2.45, 2.75) is 98.3 Å². The molecule has 0 bridgehead atoms. The zero-order chi connectivity index (χ0) is 20.0. The van der Waals surface area contributed by atoms with E-state index in [9.17, 15) is 4.89 Å². The molecule has 3 nitrogen and oxygen atoms in total. The molecule has 1 fully saturated rings. The molecule has 2 N–H and O–H groups in total. The van der Waals surface area contributed by atoms with Crippen LogP contribution in [0.5, 0.6) is 0 Å². The Morgan fingerprint density at radius 1 is 0.630 bits per heavy atom. The molecule has 1 rings (SSSR count). The summed E-state index contributed by atoms with van der Waals surface area (Å²) in [7, 11) is 4.64. The van der Waals surface area contributed by atoms with Gasteiger partial charge >= 0.3 is 115 Å². The molecule has 0 saturated carbocycles. The van der Waals surface area contributed by atoms with Crippen molar-refractivity contribution in [1.29, 1.82) is 0 Å². The number of likely N-dealkylation sites (tertiary alicyclic amines) is 1. The first-order chi connectivity index (χ1) is 12.2. The van der Waals surface area contributed by atoms with E-state index in [-0.39, 0.29) is 5.48 Å². The fourth-order valence-corrected chi connectivity index (χ4v) is 10.2. The number of nitrogens with zero attached hydrogens (tertiary/aromatic N) is 1. The van der Waals surface area contributed by atoms with Crippen molar-refractivity contribution in [2.24, 2.45) is 0 Å². The summed E-state index contributed by atoms with van der Waals surface area (Å²) < 4.78 is 1.25. The van der Waals surface area contributed by atoms with Crippen LogP contribution < -0.4 is 0 Å². The van der Waals surface area contributed by atoms with Crippen LogP contribution in [0.1, 0.15) is 98.3 Å². The van der Waals surface area contributed by atoms with Crippen molar-refractivity contribution < 1.29 is 14.9 Å². The van der Waals surface area contributed by atoms with Gasteiger partial charge in [-0.05, 0) is 19.3 Å². The van der Waals surface area contributed by atoms with Gasteiger partial charge in [-0.1, -0.05) is 0 Å². The van der Waals surface area contributed by atoms with E-state index in [2.05, 4.69) is 41.8 Å². The van der Waals surface area contributed by atoms with Crippen LogP contribution in [0.3, 0.4) is 0 Å². The second-order valence-electron chi connectivity index (χ2n) is 9.66. The van der Waals surface area contributed by atoms with Crippen LogP contribution in [0.25, 0.3) is 0 Å². The third-order valence-electron chi connectivity index (χ3n) is 6.37. The van der Waals surface area contributed by atoms with Crippen molar-refractivity contribution >= 4 is 6.83 Å². The van der Waals surface area contributed by atoms with Crippen LogP contribution in [-0.4, -0.2) is 66.7 Å². The standard InChI is InChI=1S/C16H37OP.C7H16N.H2O/c1-5-9-13-18(17,14-10-6-2,15-11-7-3)16-12-8-4;1-8(2)6-4-3-5-7-8;/h17H,5-16H2,1-4H3;3-7H2,1-2H3;1H2/q;+1;/p-1. The molecule has 0 atom stereocenters. The molecule has 4 heteroatoms. The fraction of sp³-hybridized carbons (Fsp3) is 1.00. The normalized spacial score (nSPS) is 17.8. The van der Waals surface area contributed by atoms with E-state index in [0.717, 1.165) is 24.6 Å². The Bertz CT molecular complexity index is 296. The minimum atomic E-state index is -2.36. The molecule has 27 heavy (non-hydrogen) atoms. The maximum absolute atomic E-state index is 11.6. The van der Waals surface area contributed by atoms with Gasteiger partial charge in [-0.3, -0.25) is 0 Å². The molecule has 0 spiro atoms. The minimum absolute atomic E-state index is 0. The molecular weight excluding hydrogens is 353 g/mol. The van der Waals surface area contributed by atoms with Gasteiger partial charge in [-0.25, -0.2) is 0 Å². The molecule has 1 aliphatic heterocycles. The summed E-state index contributed by atoms with van der Waals surface area (Å²) in [5.41, 5.74) is 0. The summed E-state index contributed by atoms with van der Waals surface area (Å²) in [5, 5.41) is 0. The van der Waals surface area contributed by atoms with E-state index in [1.165, 1.54) is 88.2 Å². The number of piperidine rings is 1. The van der Waals surface area contributed by atoms with Gasteiger partial charge < -0.3 is 9.96 Å². The predicted octanol–water partition coefficient (Wildman–Crippen LogP) is 6.72. The maximum atomic E-state index is 11.6. The zero-order valence-corrected chi connectivity index (χ0v) is 20.7. The van der Waals surface area contributed by atoms with Crippen LogP contribution in [0, 0.1) is 0 Å². The van der Waals surface area contributed by atoms with Gasteiger partial charge in [0.2, 0.25) is 0 Å². The first kappa shape index (κ1) is 29.5. The second-order valence-corrected chi connectivity index (χ2v) is 15.3. The second kappa shape index (κ2) is 15.2. The smallest absolute Gasteiger partial charge is 0.0782 e. The molecule has 0 aromatic heterocycles. The summed E-state index contributed by atoms with van der Waals surface area (Å²) in [6, 6.07) is 0. The molecule has 0 radical (unpaired) electrons. The largest absolute Gasteiger partial charge is 0.870 e. The quantitative estimate of drug-likeness (QED) is 0.288. The Morgan fingerprint density at radius 2 is 0.926 bits per heavy atom. The molecule has 1 heterocycles. The Kier molecular flexibility index (Phi) is 16.6. The number of hydrogen-bond donors (Lipinski definition) is 1. The Labute approximate surface area is 172 Å². The van der Waals surface area contributed by atoms with E-state index in [0.29, 0.717) is 0 Å². The molecule has 0 amide bonds. The SMILES string of the molecule is CCCCP(O)(CCCC)(CCCC)CCCC.C[N+]1(C)CCCCC1.[OH-]. The first-order valence-corrected chi connectivity index (χ1v) is 14.8. The van der Waals surface area contributed by atoms with Gasteiger partial charge in [0.1, 0.15) is 0 Å². The van der Waals surface area contributed by atoms with E-state index in [1.807, 2.05) is 0 Å². The molecule has 168 valence electrons. The molecular formula is C23H54NO2P. The van der Waals surface area contributed by atoms with Gasteiger partial charge in [-0.15, -0.1) is 0 Å². The minimum Gasteiger partial charge on any atom is -0.870 e. The van der Waals surface area contributed by atoms with Crippen molar-refractivity contribution in [3.05, 3.63) is 0 Å². The summed E-state index contributed by atoms with van der Waals surface area (Å²) in [4.78, 5) is 11.6. The monoisotopic (exact) mass is 407 g/mol. The number of quaternary nitrogens is 1. The van der Waals surface area contributed by atoms with Gasteiger partial charge in [-0.2, -0.15) is 0 Å². The number of unbranched alkanes of at least 4 members (excludes halogenated alkanes) is 4. The van der Waals surface area contributed by atoms with E-state index < -0.39 is 6.83 Å². The van der Waals surface area contributed by atoms with Gasteiger partial charge in [0.25, 0.3) is 0 Å². The average molecular weight is 408 g/mol. The first-order valence-electron chi connectivity index (χ1n) is 11.8. The molecule has 0 aromatic rings. The van der Waals surface area contributed by atoms with Crippen LogP contribution >= 0.6 is 6.83 Å². The summed E-state index contributed by atoms with van der Waals surface area (Å²) in [6.07, 6.45) is 18.7. The molecule has 1 saturated heterocycles. The summed E-state index contributed by atoms with van der Waals surface area (Å²) in [5.74, 6) is 0. The zero-order valence-electron chi connectivity index (χ0n) is 19.8. The van der Waals surface area contributed by atoms with E-state index >= 15 is 0 Å². The Balaban J connectivity index is 0. The van der Waals surface area contributed by atoms with Crippen LogP contribution in [-0.2, 0) is 0 Å². The van der Waals surface area contributed by atoms with Crippen molar-refractivity contribution in [3.8, 4) is 0 Å². The van der Waals surface area contributed by atoms with Crippen LogP contribution in [0.15, 0.2) is 0 Å². The number of hydrogen-bond acceptors (Lipinski definition) is 2. The van der Waals surface area contributed by atoms with E-state index in [1.54, 1.807) is 0 Å². The molecule has 0 unspecified atom stereocenters. The predicted molar refractivity (Wildman–Crippen MR) is 126 cm³/mol. The van der Waals surface area contributed by atoms with Crippen molar-refractivity contribution in [2.75, 3.05) is 51.8 Å². The molecule has 0 aliphatic carbocycles. The summed E-state index contributed by atoms with van der Waals surface area (Å²) in [6.45, 7) is 9.42. The molecule has 1 aliphatic rings. The van der Waals surface area contributed by atoms with E-state index in [4.69, 9.17) is 0 Å². The molecule has 0 aromatic carbocycles. The van der Waals surface area contributed by atoms with Crippen LogP contribution in [0.2, 0.25) is 0 Å². The van der Waals surface area contributed by atoms with Crippen LogP contribution in [0.4, 0.5) is 0 Å². The Morgan fingerprint density at radius 3 is 1.11 bits per heavy atom. The average Bonchev–Trinajstić information content (AvgIpc) is 2.63. The fourth-order valence-electron chi connectivity index (χ4n) is 4.30.